The van der Waals surface area contributed by atoms with E-state index in [2.05, 4.69) is 15.2 Å². The van der Waals surface area contributed by atoms with Gasteiger partial charge in [-0.2, -0.15) is 0 Å². The molecule has 2 heterocycles. The number of nitrogens with one attached hydrogen (secondary N) is 1. The van der Waals surface area contributed by atoms with E-state index >= 15 is 0 Å². The molecule has 88 valence electrons. The molecule has 0 saturated heterocycles. The van der Waals surface area contributed by atoms with E-state index in [1.165, 1.54) is 23.1 Å². The minimum atomic E-state index is 0.0383. The van der Waals surface area contributed by atoms with Crippen LogP contribution in [0.1, 0.15) is 5.56 Å². The van der Waals surface area contributed by atoms with Crippen LogP contribution in [-0.2, 0) is 0 Å². The Morgan fingerprint density at radius 2 is 2.18 bits per heavy atom. The van der Waals surface area contributed by atoms with Gasteiger partial charge in [0.05, 0.1) is 0 Å². The summed E-state index contributed by atoms with van der Waals surface area (Å²) in [5, 5.41) is 16.2. The highest BCUT2D eigenvalue weighted by Gasteiger charge is 2.07. The van der Waals surface area contributed by atoms with Gasteiger partial charge in [0.25, 0.3) is 0 Å². The summed E-state index contributed by atoms with van der Waals surface area (Å²) in [4.78, 5) is 4.19. The molecule has 3 N–H and O–H groups in total. The van der Waals surface area contributed by atoms with Crippen LogP contribution in [0, 0.1) is 5.41 Å². The van der Waals surface area contributed by atoms with E-state index in [1.54, 1.807) is 30.1 Å². The first-order valence-corrected chi connectivity index (χ1v) is 7.40. The quantitative estimate of drug-likeness (QED) is 0.507. The Hall–Kier alpha value is -1.12. The molecule has 0 aliphatic rings. The second kappa shape index (κ2) is 5.48. The van der Waals surface area contributed by atoms with Crippen LogP contribution >= 0.6 is 34.9 Å². The lowest BCUT2D eigenvalue weighted by atomic mass is 10.2. The van der Waals surface area contributed by atoms with E-state index in [4.69, 9.17) is 11.1 Å². The number of nitrogens with zero attached hydrogens (tertiary/aromatic N) is 3. The molecule has 0 radical (unpaired) electrons. The highest BCUT2D eigenvalue weighted by Crippen LogP contribution is 2.31. The van der Waals surface area contributed by atoms with Gasteiger partial charge in [-0.25, -0.2) is 4.98 Å². The summed E-state index contributed by atoms with van der Waals surface area (Å²) in [5.41, 5.74) is 6.08. The van der Waals surface area contributed by atoms with Gasteiger partial charge < -0.3 is 5.73 Å². The summed E-state index contributed by atoms with van der Waals surface area (Å²) in [6, 6.07) is 3.48. The summed E-state index contributed by atoms with van der Waals surface area (Å²) in [6.45, 7) is 0. The topological polar surface area (TPSA) is 88.5 Å². The fourth-order valence-corrected chi connectivity index (χ4v) is 3.43. The molecule has 0 amide bonds. The fraction of sp³-hybridized carbons (Fsp3) is 0.111. The van der Waals surface area contributed by atoms with E-state index in [-0.39, 0.29) is 5.84 Å². The SMILES string of the molecule is CSc1nnc(Sc2cc(C(=N)N)ccn2)s1. The van der Waals surface area contributed by atoms with Crippen LogP contribution in [0.3, 0.4) is 0 Å². The van der Waals surface area contributed by atoms with Gasteiger partial charge in [0.2, 0.25) is 0 Å². The third-order valence-corrected chi connectivity index (χ3v) is 4.68. The maximum atomic E-state index is 7.36. The number of rotatable bonds is 4. The molecule has 0 aliphatic carbocycles. The van der Waals surface area contributed by atoms with E-state index in [9.17, 15) is 0 Å². The molecule has 2 rings (SSSR count). The summed E-state index contributed by atoms with van der Waals surface area (Å²) < 4.78 is 1.76. The maximum absolute atomic E-state index is 7.36. The third kappa shape index (κ3) is 3.18. The lowest BCUT2D eigenvalue weighted by Gasteiger charge is -2.00. The lowest BCUT2D eigenvalue weighted by Crippen LogP contribution is -2.10. The van der Waals surface area contributed by atoms with E-state index in [1.807, 2.05) is 6.26 Å². The molecule has 0 bridgehead atoms. The number of hydrogen-bond acceptors (Lipinski definition) is 7. The van der Waals surface area contributed by atoms with Crippen molar-refractivity contribution in [2.45, 2.75) is 13.7 Å². The molecule has 8 heteroatoms. The van der Waals surface area contributed by atoms with Gasteiger partial charge in [-0.15, -0.1) is 10.2 Å². The Morgan fingerprint density at radius 1 is 1.41 bits per heavy atom. The van der Waals surface area contributed by atoms with Crippen molar-refractivity contribution >= 4 is 40.7 Å². The summed E-state index contributed by atoms with van der Waals surface area (Å²) in [6.07, 6.45) is 3.60. The standard InChI is InChI=1S/C9H9N5S3/c1-15-8-13-14-9(17-8)16-6-4-5(7(10)11)2-3-12-6/h2-4H,1H3,(H3,10,11). The molecule has 2 aromatic heterocycles. The number of thioether (sulfide) groups is 1. The Kier molecular flexibility index (Phi) is 3.97. The first-order valence-electron chi connectivity index (χ1n) is 4.55. The first-order chi connectivity index (χ1) is 8.19. The van der Waals surface area contributed by atoms with Crippen molar-refractivity contribution in [3.8, 4) is 0 Å². The van der Waals surface area contributed by atoms with Crippen molar-refractivity contribution in [1.82, 2.24) is 15.2 Å². The molecule has 0 atom stereocenters. The average Bonchev–Trinajstić information content (AvgIpc) is 2.77. The van der Waals surface area contributed by atoms with Crippen LogP contribution in [0.4, 0.5) is 0 Å². The monoisotopic (exact) mass is 283 g/mol. The number of hydrogen-bond donors (Lipinski definition) is 2. The number of pyridine rings is 1. The minimum absolute atomic E-state index is 0.0383. The molecule has 17 heavy (non-hydrogen) atoms. The normalized spacial score (nSPS) is 10.4. The molecule has 0 fully saturated rings. The van der Waals surface area contributed by atoms with Gasteiger partial charge in [0.1, 0.15) is 10.9 Å². The van der Waals surface area contributed by atoms with E-state index < -0.39 is 0 Å². The lowest BCUT2D eigenvalue weighted by molar-refractivity contribution is 0.953. The van der Waals surface area contributed by atoms with Crippen LogP contribution in [-0.4, -0.2) is 27.3 Å². The van der Waals surface area contributed by atoms with Gasteiger partial charge >= 0.3 is 0 Å². The zero-order valence-corrected chi connectivity index (χ0v) is 11.3. The molecule has 0 saturated carbocycles. The highest BCUT2D eigenvalue weighted by molar-refractivity contribution is 8.02. The van der Waals surface area contributed by atoms with Crippen molar-refractivity contribution < 1.29 is 0 Å². The molecular formula is C9H9N5S3. The molecule has 5 nitrogen and oxygen atoms in total. The van der Waals surface area contributed by atoms with Crippen LogP contribution in [0.25, 0.3) is 0 Å². The van der Waals surface area contributed by atoms with Crippen molar-refractivity contribution in [1.29, 1.82) is 5.41 Å². The molecule has 0 unspecified atom stereocenters. The number of nitrogens with two attached hydrogens (primary N) is 1. The predicted molar refractivity (Wildman–Crippen MR) is 71.1 cm³/mol. The van der Waals surface area contributed by atoms with Gasteiger partial charge in [-0.1, -0.05) is 23.1 Å². The molecular weight excluding hydrogens is 274 g/mol. The Balaban J connectivity index is 2.18. The molecule has 2 aromatic rings. The largest absolute Gasteiger partial charge is 0.384 e. The minimum Gasteiger partial charge on any atom is -0.384 e. The highest BCUT2D eigenvalue weighted by atomic mass is 32.2. The first kappa shape index (κ1) is 12.3. The number of nitrogen functional groups attached to an aromatic ring is 1. The van der Waals surface area contributed by atoms with Crippen LogP contribution in [0.2, 0.25) is 0 Å². The van der Waals surface area contributed by atoms with Crippen molar-refractivity contribution in [3.63, 3.8) is 0 Å². The number of aromatic nitrogens is 3. The summed E-state index contributed by atoms with van der Waals surface area (Å²) >= 11 is 4.51. The van der Waals surface area contributed by atoms with E-state index in [0.717, 1.165) is 13.7 Å². The molecule has 0 aromatic carbocycles. The van der Waals surface area contributed by atoms with E-state index in [0.29, 0.717) is 5.56 Å². The van der Waals surface area contributed by atoms with Crippen molar-refractivity contribution in [3.05, 3.63) is 23.9 Å². The second-order valence-corrected chi connectivity index (χ2v) is 6.23. The number of amidine groups is 1. The Bertz CT molecular complexity index is 539. The van der Waals surface area contributed by atoms with Gasteiger partial charge in [0.15, 0.2) is 8.68 Å². The second-order valence-electron chi connectivity index (χ2n) is 2.94. The van der Waals surface area contributed by atoms with Crippen molar-refractivity contribution in [2.24, 2.45) is 5.73 Å². The van der Waals surface area contributed by atoms with Gasteiger partial charge in [-0.05, 0) is 30.2 Å². The fourth-order valence-electron chi connectivity index (χ4n) is 1.04. The molecule has 0 aliphatic heterocycles. The van der Waals surface area contributed by atoms with Gasteiger partial charge in [-0.3, -0.25) is 5.41 Å². The molecule has 0 spiro atoms. The van der Waals surface area contributed by atoms with Crippen LogP contribution in [0.15, 0.2) is 32.0 Å². The maximum Gasteiger partial charge on any atom is 0.181 e. The Morgan fingerprint density at radius 3 is 2.82 bits per heavy atom. The van der Waals surface area contributed by atoms with Gasteiger partial charge in [0, 0.05) is 11.8 Å². The van der Waals surface area contributed by atoms with Crippen molar-refractivity contribution in [2.75, 3.05) is 6.26 Å². The van der Waals surface area contributed by atoms with Crippen LogP contribution < -0.4 is 5.73 Å². The van der Waals surface area contributed by atoms with Crippen LogP contribution in [0.5, 0.6) is 0 Å². The predicted octanol–water partition coefficient (Wildman–Crippen LogP) is 2.09. The summed E-state index contributed by atoms with van der Waals surface area (Å²) in [5.74, 6) is 0.0383. The smallest absolute Gasteiger partial charge is 0.181 e. The Labute approximate surface area is 111 Å². The zero-order chi connectivity index (χ0) is 12.3. The average molecular weight is 283 g/mol. The third-order valence-electron chi connectivity index (χ3n) is 1.80. The zero-order valence-electron chi connectivity index (χ0n) is 8.88. The summed E-state index contributed by atoms with van der Waals surface area (Å²) in [7, 11) is 0.